The Balaban J connectivity index is -0.0000000540. The average molecular weight is 310 g/mol. The van der Waals surface area contributed by atoms with Gasteiger partial charge in [0, 0.05) is 21.7 Å². The largest absolute Gasteiger partial charge is 0.266 e. The molecule has 0 fully saturated rings. The molecule has 1 aliphatic carbocycles. The molecule has 0 spiro atoms. The van der Waals surface area contributed by atoms with E-state index in [-0.39, 0.29) is 69.9 Å². The van der Waals surface area contributed by atoms with Gasteiger partial charge in [0.1, 0.15) is 0 Å². The SMILES string of the molecule is CC1=[C-]C(C)C(C)=C1C.Cl.Cl.Cl.[SiH3].[Ti]. The predicted molar refractivity (Wildman–Crippen MR) is 71.7 cm³/mol. The zero-order chi connectivity index (χ0) is 7.02. The van der Waals surface area contributed by atoms with Crippen LogP contribution in [0.4, 0.5) is 0 Å². The first kappa shape index (κ1) is 29.5. The summed E-state index contributed by atoms with van der Waals surface area (Å²) < 4.78 is 0. The zero-order valence-corrected chi connectivity index (χ0v) is 15.3. The van der Waals surface area contributed by atoms with E-state index in [1.54, 1.807) is 0 Å². The first-order valence-electron chi connectivity index (χ1n) is 3.40. The van der Waals surface area contributed by atoms with E-state index in [4.69, 9.17) is 0 Å². The van der Waals surface area contributed by atoms with Gasteiger partial charge in [-0.25, -0.2) is 5.57 Å². The molecule has 1 atom stereocenters. The molecule has 0 amide bonds. The predicted octanol–water partition coefficient (Wildman–Crippen LogP) is 2.80. The summed E-state index contributed by atoms with van der Waals surface area (Å²) in [5, 5.41) is 0. The van der Waals surface area contributed by atoms with Gasteiger partial charge in [0.05, 0.1) is 0 Å². The van der Waals surface area contributed by atoms with Crippen molar-refractivity contribution in [1.82, 2.24) is 0 Å². The van der Waals surface area contributed by atoms with E-state index in [0.29, 0.717) is 5.92 Å². The number of rotatable bonds is 0. The van der Waals surface area contributed by atoms with Crippen LogP contribution in [0.15, 0.2) is 16.7 Å². The van der Waals surface area contributed by atoms with Crippen LogP contribution in [0.3, 0.4) is 0 Å². The van der Waals surface area contributed by atoms with Gasteiger partial charge >= 0.3 is 0 Å². The third-order valence-corrected chi connectivity index (χ3v) is 2.24. The van der Waals surface area contributed by atoms with Gasteiger partial charge in [-0.1, -0.05) is 26.7 Å². The van der Waals surface area contributed by atoms with Crippen molar-refractivity contribution in [1.29, 1.82) is 0 Å². The van der Waals surface area contributed by atoms with E-state index >= 15 is 0 Å². The fourth-order valence-electron chi connectivity index (χ4n) is 1.16. The Labute approximate surface area is 126 Å². The van der Waals surface area contributed by atoms with Crippen molar-refractivity contribution in [3.8, 4) is 0 Å². The van der Waals surface area contributed by atoms with Crippen molar-refractivity contribution >= 4 is 48.2 Å². The molecule has 0 heterocycles. The Hall–Kier alpha value is 1.28. The number of halogens is 3. The van der Waals surface area contributed by atoms with E-state index in [9.17, 15) is 0 Å². The molecule has 1 unspecified atom stereocenters. The maximum Gasteiger partial charge on any atom is 0 e. The van der Waals surface area contributed by atoms with Gasteiger partial charge in [-0.05, 0) is 11.0 Å². The summed E-state index contributed by atoms with van der Waals surface area (Å²) in [5.74, 6) is 0.560. The first-order chi connectivity index (χ1) is 4.13. The second-order valence-electron chi connectivity index (χ2n) is 2.80. The number of hydrogen-bond acceptors (Lipinski definition) is 0. The normalized spacial score (nSPS) is 17.4. The van der Waals surface area contributed by atoms with Crippen molar-refractivity contribution in [3.05, 3.63) is 22.8 Å². The summed E-state index contributed by atoms with van der Waals surface area (Å²) in [7, 11) is 0. The van der Waals surface area contributed by atoms with Gasteiger partial charge in [-0.2, -0.15) is 11.1 Å². The monoisotopic (exact) mass is 308 g/mol. The van der Waals surface area contributed by atoms with Crippen molar-refractivity contribution in [2.45, 2.75) is 27.7 Å². The van der Waals surface area contributed by atoms with Gasteiger partial charge in [0.2, 0.25) is 0 Å². The zero-order valence-electron chi connectivity index (χ0n) is 9.30. The van der Waals surface area contributed by atoms with Gasteiger partial charge in [0.15, 0.2) is 0 Å². The fourth-order valence-corrected chi connectivity index (χ4v) is 1.16. The van der Waals surface area contributed by atoms with Gasteiger partial charge < -0.3 is 0 Å². The molecule has 1 radical (unpaired) electrons. The molecular weight excluding hydrogens is 290 g/mol. The van der Waals surface area contributed by atoms with Crippen LogP contribution in [0.25, 0.3) is 0 Å². The first-order valence-corrected chi connectivity index (χ1v) is 3.40. The molecule has 0 aromatic carbocycles. The van der Waals surface area contributed by atoms with Crippen LogP contribution in [0, 0.1) is 12.0 Å². The molecule has 0 bridgehead atoms. The molecule has 1 aliphatic rings. The average Bonchev–Trinajstić information content (AvgIpc) is 1.98. The Bertz CT molecular complexity index is 202. The molecule has 14 heavy (non-hydrogen) atoms. The quantitative estimate of drug-likeness (QED) is 0.477. The standard InChI is InChI=1S/C9H13.3ClH.H3Si.Ti/c1-6-5-7(2)9(4)8(6)3;;;;;/h6H,1-4H3;3*1H;1H3;/q-1;;;;;. The van der Waals surface area contributed by atoms with Crippen molar-refractivity contribution < 1.29 is 21.7 Å². The molecule has 0 aromatic heterocycles. The fraction of sp³-hybridized carbons (Fsp3) is 0.556. The van der Waals surface area contributed by atoms with Gasteiger partial charge in [-0.15, -0.1) is 44.1 Å². The van der Waals surface area contributed by atoms with Gasteiger partial charge in [-0.3, -0.25) is 6.08 Å². The van der Waals surface area contributed by atoms with Crippen LogP contribution in [0.2, 0.25) is 0 Å². The Morgan fingerprint density at radius 3 is 1.43 bits per heavy atom. The van der Waals surface area contributed by atoms with Crippen LogP contribution < -0.4 is 0 Å². The summed E-state index contributed by atoms with van der Waals surface area (Å²) in [6.45, 7) is 8.67. The van der Waals surface area contributed by atoms with E-state index in [0.717, 1.165) is 0 Å². The second kappa shape index (κ2) is 12.4. The molecule has 0 aromatic rings. The molecule has 5 heteroatoms. The van der Waals surface area contributed by atoms with E-state index in [1.165, 1.54) is 16.7 Å². The smallest absolute Gasteiger partial charge is 0 e. The number of hydrogen-bond donors (Lipinski definition) is 0. The minimum absolute atomic E-state index is 0. The van der Waals surface area contributed by atoms with Gasteiger partial charge in [0.25, 0.3) is 0 Å². The van der Waals surface area contributed by atoms with Crippen LogP contribution in [-0.4, -0.2) is 11.0 Å². The molecule has 0 saturated carbocycles. The van der Waals surface area contributed by atoms with E-state index in [2.05, 4.69) is 33.8 Å². The van der Waals surface area contributed by atoms with Crippen LogP contribution in [0.1, 0.15) is 27.7 Å². The minimum Gasteiger partial charge on any atom is -0.266 e. The Morgan fingerprint density at radius 1 is 1.00 bits per heavy atom. The Kier molecular flexibility index (Phi) is 26.0. The minimum atomic E-state index is 0. The Morgan fingerprint density at radius 2 is 1.36 bits per heavy atom. The molecule has 0 nitrogen and oxygen atoms in total. The molecule has 0 saturated heterocycles. The molecular formula is C9H19Cl3SiTi-. The topological polar surface area (TPSA) is 0 Å². The summed E-state index contributed by atoms with van der Waals surface area (Å²) in [6.07, 6.45) is 3.36. The van der Waals surface area contributed by atoms with Crippen LogP contribution in [-0.2, 0) is 21.7 Å². The molecule has 1 rings (SSSR count). The third-order valence-electron chi connectivity index (χ3n) is 2.24. The summed E-state index contributed by atoms with van der Waals surface area (Å²) in [4.78, 5) is 0. The van der Waals surface area contributed by atoms with E-state index < -0.39 is 0 Å². The maximum atomic E-state index is 3.36. The maximum absolute atomic E-state index is 3.36. The van der Waals surface area contributed by atoms with Crippen molar-refractivity contribution in [2.75, 3.05) is 0 Å². The van der Waals surface area contributed by atoms with Crippen LogP contribution >= 0.6 is 37.2 Å². The van der Waals surface area contributed by atoms with Crippen LogP contribution in [0.5, 0.6) is 0 Å². The number of allylic oxidation sites excluding steroid dienone is 4. The molecule has 0 aliphatic heterocycles. The molecule has 85 valence electrons. The summed E-state index contributed by atoms with van der Waals surface area (Å²) in [6, 6.07) is 0. The summed E-state index contributed by atoms with van der Waals surface area (Å²) in [5.41, 5.74) is 4.25. The van der Waals surface area contributed by atoms with Crippen molar-refractivity contribution in [3.63, 3.8) is 0 Å². The molecule has 0 N–H and O–H groups in total. The van der Waals surface area contributed by atoms with E-state index in [1.807, 2.05) is 0 Å². The second-order valence-corrected chi connectivity index (χ2v) is 2.80. The third kappa shape index (κ3) is 6.71. The van der Waals surface area contributed by atoms with Crippen molar-refractivity contribution in [2.24, 2.45) is 5.92 Å². The summed E-state index contributed by atoms with van der Waals surface area (Å²) >= 11 is 0.